The Morgan fingerprint density at radius 2 is 1.94 bits per heavy atom. The molecule has 100 valence electrons. The average Bonchev–Trinajstić information content (AvgIpc) is 2.25. The van der Waals surface area contributed by atoms with E-state index in [0.717, 1.165) is 6.42 Å². The van der Waals surface area contributed by atoms with Gasteiger partial charge in [0, 0.05) is 20.0 Å². The molecule has 0 aliphatic rings. The summed E-state index contributed by atoms with van der Waals surface area (Å²) >= 11 is 0. The van der Waals surface area contributed by atoms with E-state index < -0.39 is 5.60 Å². The second-order valence-corrected chi connectivity index (χ2v) is 5.49. The minimum atomic E-state index is -0.840. The van der Waals surface area contributed by atoms with E-state index in [0.29, 0.717) is 13.0 Å². The van der Waals surface area contributed by atoms with Crippen LogP contribution in [0.4, 0.5) is 0 Å². The number of nitrogens with zero attached hydrogens (tertiary/aromatic N) is 1. The smallest absolute Gasteiger partial charge is 0.222 e. The summed E-state index contributed by atoms with van der Waals surface area (Å²) in [4.78, 5) is 13.5. The van der Waals surface area contributed by atoms with E-state index in [-0.39, 0.29) is 5.91 Å². The van der Waals surface area contributed by atoms with Crippen molar-refractivity contribution in [2.45, 2.75) is 39.2 Å². The van der Waals surface area contributed by atoms with Crippen LogP contribution in [0, 0.1) is 6.92 Å². The zero-order valence-electron chi connectivity index (χ0n) is 11.7. The molecule has 18 heavy (non-hydrogen) atoms. The number of benzene rings is 1. The molecule has 3 heteroatoms. The summed E-state index contributed by atoms with van der Waals surface area (Å²) in [5, 5.41) is 9.67. The van der Waals surface area contributed by atoms with Gasteiger partial charge in [0.15, 0.2) is 0 Å². The highest BCUT2D eigenvalue weighted by Crippen LogP contribution is 2.11. The maximum absolute atomic E-state index is 11.9. The van der Waals surface area contributed by atoms with Gasteiger partial charge >= 0.3 is 0 Å². The summed E-state index contributed by atoms with van der Waals surface area (Å²) in [5.41, 5.74) is 1.59. The Morgan fingerprint density at radius 3 is 2.50 bits per heavy atom. The lowest BCUT2D eigenvalue weighted by molar-refractivity contribution is -0.132. The van der Waals surface area contributed by atoms with Gasteiger partial charge in [-0.2, -0.15) is 0 Å². The zero-order chi connectivity index (χ0) is 13.8. The van der Waals surface area contributed by atoms with Gasteiger partial charge in [-0.25, -0.2) is 0 Å². The first kappa shape index (κ1) is 14.7. The SMILES string of the molecule is Cc1ccccc1CCC(=O)N(C)CC(C)(C)O. The van der Waals surface area contributed by atoms with Crippen molar-refractivity contribution in [2.24, 2.45) is 0 Å². The molecular weight excluding hydrogens is 226 g/mol. The summed E-state index contributed by atoms with van der Waals surface area (Å²) in [6.07, 6.45) is 1.24. The minimum absolute atomic E-state index is 0.0698. The number of hydrogen-bond acceptors (Lipinski definition) is 2. The highest BCUT2D eigenvalue weighted by atomic mass is 16.3. The Morgan fingerprint density at radius 1 is 1.33 bits per heavy atom. The van der Waals surface area contributed by atoms with Gasteiger partial charge in [-0.05, 0) is 38.3 Å². The molecule has 0 atom stereocenters. The predicted molar refractivity (Wildman–Crippen MR) is 73.4 cm³/mol. The molecule has 0 bridgehead atoms. The zero-order valence-corrected chi connectivity index (χ0v) is 11.7. The van der Waals surface area contributed by atoms with E-state index in [1.807, 2.05) is 12.1 Å². The van der Waals surface area contributed by atoms with Crippen LogP contribution in [-0.2, 0) is 11.2 Å². The van der Waals surface area contributed by atoms with Crippen molar-refractivity contribution < 1.29 is 9.90 Å². The molecule has 0 heterocycles. The van der Waals surface area contributed by atoms with Crippen LogP contribution in [0.15, 0.2) is 24.3 Å². The van der Waals surface area contributed by atoms with E-state index >= 15 is 0 Å². The van der Waals surface area contributed by atoms with Gasteiger partial charge in [-0.3, -0.25) is 4.79 Å². The molecule has 1 rings (SSSR count). The van der Waals surface area contributed by atoms with Crippen LogP contribution in [0.3, 0.4) is 0 Å². The fourth-order valence-electron chi connectivity index (χ4n) is 1.99. The summed E-state index contributed by atoms with van der Waals surface area (Å²) in [5.74, 6) is 0.0698. The van der Waals surface area contributed by atoms with Crippen molar-refractivity contribution in [1.82, 2.24) is 4.90 Å². The number of aliphatic hydroxyl groups is 1. The number of carbonyl (C=O) groups excluding carboxylic acids is 1. The van der Waals surface area contributed by atoms with E-state index in [9.17, 15) is 9.90 Å². The van der Waals surface area contributed by atoms with Crippen LogP contribution < -0.4 is 0 Å². The highest BCUT2D eigenvalue weighted by Gasteiger charge is 2.19. The molecule has 1 N–H and O–H groups in total. The largest absolute Gasteiger partial charge is 0.389 e. The predicted octanol–water partition coefficient (Wildman–Crippen LogP) is 2.16. The van der Waals surface area contributed by atoms with Gasteiger partial charge in [-0.1, -0.05) is 24.3 Å². The Kier molecular flexibility index (Phi) is 4.91. The Bertz CT molecular complexity index is 407. The van der Waals surface area contributed by atoms with Crippen molar-refractivity contribution >= 4 is 5.91 Å². The summed E-state index contributed by atoms with van der Waals surface area (Å²) in [6.45, 7) is 5.83. The van der Waals surface area contributed by atoms with Gasteiger partial charge < -0.3 is 10.0 Å². The van der Waals surface area contributed by atoms with E-state index in [2.05, 4.69) is 19.1 Å². The molecule has 0 radical (unpaired) electrons. The van der Waals surface area contributed by atoms with Crippen molar-refractivity contribution in [3.05, 3.63) is 35.4 Å². The van der Waals surface area contributed by atoms with Crippen LogP contribution in [0.1, 0.15) is 31.4 Å². The third-order valence-electron chi connectivity index (χ3n) is 2.92. The van der Waals surface area contributed by atoms with Crippen LogP contribution in [0.25, 0.3) is 0 Å². The molecule has 0 saturated heterocycles. The normalized spacial score (nSPS) is 11.4. The first-order valence-corrected chi connectivity index (χ1v) is 6.30. The lowest BCUT2D eigenvalue weighted by Crippen LogP contribution is -2.39. The van der Waals surface area contributed by atoms with Crippen molar-refractivity contribution in [1.29, 1.82) is 0 Å². The van der Waals surface area contributed by atoms with Gasteiger partial charge in [0.1, 0.15) is 0 Å². The third kappa shape index (κ3) is 4.88. The Balaban J connectivity index is 2.49. The number of rotatable bonds is 5. The molecule has 1 aromatic carbocycles. The quantitative estimate of drug-likeness (QED) is 0.868. The molecule has 0 aliphatic heterocycles. The highest BCUT2D eigenvalue weighted by molar-refractivity contribution is 5.76. The number of likely N-dealkylation sites (N-methyl/N-ethyl adjacent to an activating group) is 1. The van der Waals surface area contributed by atoms with Crippen molar-refractivity contribution in [3.8, 4) is 0 Å². The topological polar surface area (TPSA) is 40.5 Å². The van der Waals surface area contributed by atoms with Crippen LogP contribution in [-0.4, -0.2) is 35.1 Å². The van der Waals surface area contributed by atoms with Gasteiger partial charge in [0.25, 0.3) is 0 Å². The molecular formula is C15H23NO2. The van der Waals surface area contributed by atoms with E-state index in [4.69, 9.17) is 0 Å². The summed E-state index contributed by atoms with van der Waals surface area (Å²) < 4.78 is 0. The number of amides is 1. The van der Waals surface area contributed by atoms with Crippen molar-refractivity contribution in [2.75, 3.05) is 13.6 Å². The van der Waals surface area contributed by atoms with E-state index in [1.54, 1.807) is 25.8 Å². The molecule has 3 nitrogen and oxygen atoms in total. The van der Waals surface area contributed by atoms with Gasteiger partial charge in [0.2, 0.25) is 5.91 Å². The molecule has 0 aromatic heterocycles. The molecule has 0 saturated carbocycles. The van der Waals surface area contributed by atoms with Crippen LogP contribution in [0.2, 0.25) is 0 Å². The fourth-order valence-corrected chi connectivity index (χ4v) is 1.99. The molecule has 0 unspecified atom stereocenters. The molecule has 0 fully saturated rings. The van der Waals surface area contributed by atoms with Gasteiger partial charge in [0.05, 0.1) is 5.60 Å². The van der Waals surface area contributed by atoms with E-state index in [1.165, 1.54) is 11.1 Å². The second kappa shape index (κ2) is 6.01. The van der Waals surface area contributed by atoms with Gasteiger partial charge in [-0.15, -0.1) is 0 Å². The second-order valence-electron chi connectivity index (χ2n) is 5.49. The lowest BCUT2D eigenvalue weighted by Gasteiger charge is -2.25. The molecule has 0 aliphatic carbocycles. The summed E-state index contributed by atoms with van der Waals surface area (Å²) in [7, 11) is 1.73. The molecule has 0 spiro atoms. The summed E-state index contributed by atoms with van der Waals surface area (Å²) in [6, 6.07) is 8.10. The number of carbonyl (C=O) groups is 1. The number of hydrogen-bond donors (Lipinski definition) is 1. The lowest BCUT2D eigenvalue weighted by atomic mass is 10.0. The van der Waals surface area contributed by atoms with Crippen molar-refractivity contribution in [3.63, 3.8) is 0 Å². The number of aryl methyl sites for hydroxylation is 2. The minimum Gasteiger partial charge on any atom is -0.389 e. The van der Waals surface area contributed by atoms with Crippen LogP contribution >= 0.6 is 0 Å². The molecule has 1 amide bonds. The fraction of sp³-hybridized carbons (Fsp3) is 0.533. The molecule has 1 aromatic rings. The monoisotopic (exact) mass is 249 g/mol. The standard InChI is InChI=1S/C15H23NO2/c1-12-7-5-6-8-13(12)9-10-14(17)16(4)11-15(2,3)18/h5-8,18H,9-11H2,1-4H3. The Labute approximate surface area is 109 Å². The Hall–Kier alpha value is -1.35. The van der Waals surface area contributed by atoms with Crippen LogP contribution in [0.5, 0.6) is 0 Å². The third-order valence-corrected chi connectivity index (χ3v) is 2.92. The average molecular weight is 249 g/mol. The maximum Gasteiger partial charge on any atom is 0.222 e. The maximum atomic E-state index is 11.9. The first-order valence-electron chi connectivity index (χ1n) is 6.30. The first-order chi connectivity index (χ1) is 8.29.